The van der Waals surface area contributed by atoms with Crippen molar-refractivity contribution in [1.29, 1.82) is 0 Å². The van der Waals surface area contributed by atoms with E-state index < -0.39 is 5.97 Å². The largest absolute Gasteiger partial charge is 0.478 e. The number of benzene rings is 1. The third kappa shape index (κ3) is 3.36. The summed E-state index contributed by atoms with van der Waals surface area (Å²) in [5.74, 6) is -1.26. The summed E-state index contributed by atoms with van der Waals surface area (Å²) >= 11 is 0. The maximum Gasteiger partial charge on any atom is 0.335 e. The smallest absolute Gasteiger partial charge is 0.335 e. The van der Waals surface area contributed by atoms with E-state index in [1.54, 1.807) is 19.1 Å². The number of nitrogens with one attached hydrogen (secondary N) is 1. The van der Waals surface area contributed by atoms with Crippen LogP contribution in [0.5, 0.6) is 0 Å². The zero-order valence-corrected chi connectivity index (χ0v) is 11.7. The highest BCUT2D eigenvalue weighted by Crippen LogP contribution is 2.21. The number of aryl methyl sites for hydroxylation is 1. The topological polar surface area (TPSA) is 75.6 Å². The molecule has 1 amide bonds. The van der Waals surface area contributed by atoms with Gasteiger partial charge in [0.1, 0.15) is 0 Å². The molecule has 5 heteroatoms. The van der Waals surface area contributed by atoms with Gasteiger partial charge in [0.25, 0.3) is 5.91 Å². The molecule has 1 heterocycles. The first kappa shape index (κ1) is 14.5. The van der Waals surface area contributed by atoms with Crippen molar-refractivity contribution in [3.8, 4) is 0 Å². The fourth-order valence-corrected chi connectivity index (χ4v) is 2.33. The molecule has 108 valence electrons. The van der Waals surface area contributed by atoms with Crippen LogP contribution in [0.4, 0.5) is 0 Å². The van der Waals surface area contributed by atoms with E-state index in [0.29, 0.717) is 18.8 Å². The molecule has 0 radical (unpaired) electrons. The predicted molar refractivity (Wildman–Crippen MR) is 74.1 cm³/mol. The summed E-state index contributed by atoms with van der Waals surface area (Å²) in [5, 5.41) is 12.0. The summed E-state index contributed by atoms with van der Waals surface area (Å²) in [7, 11) is 0. The zero-order chi connectivity index (χ0) is 14.8. The molecule has 20 heavy (non-hydrogen) atoms. The first-order chi connectivity index (χ1) is 9.39. The Morgan fingerprint density at radius 3 is 2.40 bits per heavy atom. The molecule has 0 atom stereocenters. The second kappa shape index (κ2) is 5.63. The van der Waals surface area contributed by atoms with E-state index in [0.717, 1.165) is 18.4 Å². The lowest BCUT2D eigenvalue weighted by Gasteiger charge is -2.34. The zero-order valence-electron chi connectivity index (χ0n) is 11.7. The molecule has 2 rings (SSSR count). The van der Waals surface area contributed by atoms with Crippen LogP contribution in [0, 0.1) is 6.92 Å². The predicted octanol–water partition coefficient (Wildman–Crippen LogP) is 1.99. The highest BCUT2D eigenvalue weighted by molar-refractivity contribution is 5.98. The van der Waals surface area contributed by atoms with Crippen LogP contribution in [0.2, 0.25) is 0 Å². The molecule has 1 aromatic carbocycles. The second-order valence-corrected chi connectivity index (χ2v) is 5.52. The van der Waals surface area contributed by atoms with E-state index in [4.69, 9.17) is 9.84 Å². The van der Waals surface area contributed by atoms with Crippen molar-refractivity contribution in [2.24, 2.45) is 0 Å². The number of carboxylic acid groups (broad SMARTS) is 1. The van der Waals surface area contributed by atoms with E-state index in [2.05, 4.69) is 5.32 Å². The van der Waals surface area contributed by atoms with Crippen molar-refractivity contribution >= 4 is 11.9 Å². The fraction of sp³-hybridized carbons (Fsp3) is 0.467. The lowest BCUT2D eigenvalue weighted by atomic mass is 9.92. The molecule has 0 aliphatic carbocycles. The molecule has 0 spiro atoms. The van der Waals surface area contributed by atoms with Crippen LogP contribution >= 0.6 is 0 Å². The first-order valence-corrected chi connectivity index (χ1v) is 6.65. The van der Waals surface area contributed by atoms with Gasteiger partial charge in [-0.2, -0.15) is 0 Å². The van der Waals surface area contributed by atoms with Crippen LogP contribution < -0.4 is 5.32 Å². The lowest BCUT2D eigenvalue weighted by Crippen LogP contribution is -2.49. The number of carbonyl (C=O) groups excluding carboxylic acids is 1. The highest BCUT2D eigenvalue weighted by Gasteiger charge is 2.29. The maximum atomic E-state index is 12.3. The van der Waals surface area contributed by atoms with Crippen LogP contribution in [0.25, 0.3) is 0 Å². The van der Waals surface area contributed by atoms with Crippen molar-refractivity contribution in [3.05, 3.63) is 34.9 Å². The maximum absolute atomic E-state index is 12.3. The summed E-state index contributed by atoms with van der Waals surface area (Å²) in [5.41, 5.74) is 0.984. The SMILES string of the molecule is Cc1cc(C(=O)O)cc(C(=O)NC2(C)CCOCC2)c1. The van der Waals surface area contributed by atoms with Crippen LogP contribution in [-0.4, -0.2) is 35.7 Å². The Morgan fingerprint density at radius 2 is 1.80 bits per heavy atom. The van der Waals surface area contributed by atoms with Gasteiger partial charge in [0, 0.05) is 24.3 Å². The number of ether oxygens (including phenoxy) is 1. The van der Waals surface area contributed by atoms with Gasteiger partial charge >= 0.3 is 5.97 Å². The number of rotatable bonds is 3. The normalized spacial score (nSPS) is 17.5. The van der Waals surface area contributed by atoms with Crippen molar-refractivity contribution < 1.29 is 19.4 Å². The van der Waals surface area contributed by atoms with Gasteiger partial charge in [-0.3, -0.25) is 4.79 Å². The number of hydrogen-bond donors (Lipinski definition) is 2. The molecule has 0 aromatic heterocycles. The minimum absolute atomic E-state index is 0.132. The average molecular weight is 277 g/mol. The van der Waals surface area contributed by atoms with Crippen molar-refractivity contribution in [3.63, 3.8) is 0 Å². The monoisotopic (exact) mass is 277 g/mol. The van der Waals surface area contributed by atoms with Gasteiger partial charge < -0.3 is 15.2 Å². The lowest BCUT2D eigenvalue weighted by molar-refractivity contribution is 0.0423. The minimum Gasteiger partial charge on any atom is -0.478 e. The third-order valence-electron chi connectivity index (χ3n) is 3.60. The van der Waals surface area contributed by atoms with E-state index in [-0.39, 0.29) is 17.0 Å². The molecule has 0 unspecified atom stereocenters. The van der Waals surface area contributed by atoms with E-state index in [1.165, 1.54) is 6.07 Å². The minimum atomic E-state index is -1.03. The van der Waals surface area contributed by atoms with Gasteiger partial charge in [-0.25, -0.2) is 4.79 Å². The Labute approximate surface area is 117 Å². The Hall–Kier alpha value is -1.88. The Bertz CT molecular complexity index is 533. The van der Waals surface area contributed by atoms with Gasteiger partial charge in [-0.1, -0.05) is 0 Å². The van der Waals surface area contributed by atoms with E-state index in [9.17, 15) is 9.59 Å². The molecule has 1 saturated heterocycles. The van der Waals surface area contributed by atoms with Crippen LogP contribution in [0.15, 0.2) is 18.2 Å². The van der Waals surface area contributed by atoms with Gasteiger partial charge in [0.15, 0.2) is 0 Å². The summed E-state index contributed by atoms with van der Waals surface area (Å²) < 4.78 is 5.29. The number of carbonyl (C=O) groups is 2. The third-order valence-corrected chi connectivity index (χ3v) is 3.60. The van der Waals surface area contributed by atoms with Crippen molar-refractivity contribution in [2.45, 2.75) is 32.2 Å². The Morgan fingerprint density at radius 1 is 1.20 bits per heavy atom. The van der Waals surface area contributed by atoms with Crippen molar-refractivity contribution in [2.75, 3.05) is 13.2 Å². The van der Waals surface area contributed by atoms with Crippen LogP contribution in [0.1, 0.15) is 46.0 Å². The van der Waals surface area contributed by atoms with Crippen LogP contribution in [-0.2, 0) is 4.74 Å². The molecule has 0 saturated carbocycles. The number of carboxylic acids is 1. The first-order valence-electron chi connectivity index (χ1n) is 6.65. The second-order valence-electron chi connectivity index (χ2n) is 5.52. The van der Waals surface area contributed by atoms with E-state index in [1.807, 2.05) is 6.92 Å². The average Bonchev–Trinajstić information content (AvgIpc) is 2.38. The highest BCUT2D eigenvalue weighted by atomic mass is 16.5. The van der Waals surface area contributed by atoms with E-state index >= 15 is 0 Å². The van der Waals surface area contributed by atoms with Crippen molar-refractivity contribution in [1.82, 2.24) is 5.32 Å². The molecule has 0 bridgehead atoms. The summed E-state index contributed by atoms with van der Waals surface area (Å²) in [6.07, 6.45) is 1.52. The molecule has 1 fully saturated rings. The molecular weight excluding hydrogens is 258 g/mol. The van der Waals surface area contributed by atoms with Crippen LogP contribution in [0.3, 0.4) is 0 Å². The quantitative estimate of drug-likeness (QED) is 0.886. The van der Waals surface area contributed by atoms with Gasteiger partial charge in [-0.15, -0.1) is 0 Å². The summed E-state index contributed by atoms with van der Waals surface area (Å²) in [6, 6.07) is 4.66. The Kier molecular flexibility index (Phi) is 4.09. The van der Waals surface area contributed by atoms with Gasteiger partial charge in [-0.05, 0) is 50.5 Å². The molecule has 1 aliphatic heterocycles. The summed E-state index contributed by atoms with van der Waals surface area (Å²) in [4.78, 5) is 23.3. The Balaban J connectivity index is 2.18. The number of hydrogen-bond acceptors (Lipinski definition) is 3. The molecular formula is C15H19NO4. The molecule has 2 N–H and O–H groups in total. The standard InChI is InChI=1S/C15H19NO4/c1-10-7-11(9-12(8-10)14(18)19)13(17)16-15(2)3-5-20-6-4-15/h7-9H,3-6H2,1-2H3,(H,16,17)(H,18,19). The molecule has 1 aromatic rings. The van der Waals surface area contributed by atoms with Gasteiger partial charge in [0.05, 0.1) is 5.56 Å². The molecule has 5 nitrogen and oxygen atoms in total. The number of aromatic carboxylic acids is 1. The molecule has 1 aliphatic rings. The fourth-order valence-electron chi connectivity index (χ4n) is 2.33. The number of amides is 1. The summed E-state index contributed by atoms with van der Waals surface area (Å²) in [6.45, 7) is 5.02. The van der Waals surface area contributed by atoms with Gasteiger partial charge in [0.2, 0.25) is 0 Å².